The van der Waals surface area contributed by atoms with Crippen LogP contribution in [0.4, 0.5) is 8.78 Å². The number of hydrogen-bond acceptors (Lipinski definition) is 2. The van der Waals surface area contributed by atoms with Gasteiger partial charge in [-0.05, 0) is 0 Å². The standard InChI is InChI=1S/C8H11F2NO2/c1-5(2)6(12)7(13)11-3-8(9,10)4-11/h5H,3-4H2,1-2H3. The molecule has 3 nitrogen and oxygen atoms in total. The molecule has 0 aromatic carbocycles. The fraction of sp³-hybridized carbons (Fsp3) is 0.750. The van der Waals surface area contributed by atoms with Gasteiger partial charge in [-0.1, -0.05) is 13.8 Å². The van der Waals surface area contributed by atoms with Gasteiger partial charge in [-0.2, -0.15) is 0 Å². The topological polar surface area (TPSA) is 37.4 Å². The molecule has 5 heteroatoms. The number of nitrogens with zero attached hydrogens (tertiary/aromatic N) is 1. The van der Waals surface area contributed by atoms with Crippen molar-refractivity contribution in [2.24, 2.45) is 5.92 Å². The van der Waals surface area contributed by atoms with Crippen molar-refractivity contribution in [3.05, 3.63) is 0 Å². The number of Topliss-reactive ketones (excluding diaryl/α,β-unsaturated/α-hetero) is 1. The quantitative estimate of drug-likeness (QED) is 0.602. The van der Waals surface area contributed by atoms with E-state index in [9.17, 15) is 18.4 Å². The summed E-state index contributed by atoms with van der Waals surface area (Å²) in [6.07, 6.45) is 0. The van der Waals surface area contributed by atoms with Crippen molar-refractivity contribution < 1.29 is 18.4 Å². The first-order valence-corrected chi connectivity index (χ1v) is 4.04. The smallest absolute Gasteiger partial charge is 0.290 e. The molecule has 0 saturated carbocycles. The Hall–Kier alpha value is -1.00. The number of carbonyl (C=O) groups excluding carboxylic acids is 2. The summed E-state index contributed by atoms with van der Waals surface area (Å²) >= 11 is 0. The molecule has 74 valence electrons. The Morgan fingerprint density at radius 1 is 1.31 bits per heavy atom. The maximum absolute atomic E-state index is 12.3. The molecule has 0 aromatic heterocycles. The fourth-order valence-corrected chi connectivity index (χ4v) is 1.06. The predicted octanol–water partition coefficient (Wildman–Crippen LogP) is 0.689. The van der Waals surface area contributed by atoms with Crippen molar-refractivity contribution in [1.82, 2.24) is 4.90 Å². The lowest BCUT2D eigenvalue weighted by molar-refractivity contribution is -0.170. The predicted molar refractivity (Wildman–Crippen MR) is 41.4 cm³/mol. The van der Waals surface area contributed by atoms with Crippen LogP contribution in [0.2, 0.25) is 0 Å². The molecular weight excluding hydrogens is 180 g/mol. The summed E-state index contributed by atoms with van der Waals surface area (Å²) in [5, 5.41) is 0. The lowest BCUT2D eigenvalue weighted by Gasteiger charge is -2.38. The molecule has 1 saturated heterocycles. The molecule has 0 radical (unpaired) electrons. The van der Waals surface area contributed by atoms with Gasteiger partial charge in [-0.15, -0.1) is 0 Å². The molecule has 1 rings (SSSR count). The van der Waals surface area contributed by atoms with Crippen molar-refractivity contribution >= 4 is 11.7 Å². The van der Waals surface area contributed by atoms with Gasteiger partial charge in [0.1, 0.15) is 0 Å². The van der Waals surface area contributed by atoms with E-state index in [1.807, 2.05) is 0 Å². The first kappa shape index (κ1) is 10.1. The van der Waals surface area contributed by atoms with Gasteiger partial charge < -0.3 is 4.90 Å². The zero-order valence-corrected chi connectivity index (χ0v) is 7.51. The lowest BCUT2D eigenvalue weighted by Crippen LogP contribution is -2.60. The third-order valence-electron chi connectivity index (χ3n) is 1.87. The molecule has 0 spiro atoms. The highest BCUT2D eigenvalue weighted by atomic mass is 19.3. The number of likely N-dealkylation sites (tertiary alicyclic amines) is 1. The van der Waals surface area contributed by atoms with Crippen LogP contribution in [0.3, 0.4) is 0 Å². The minimum Gasteiger partial charge on any atom is -0.324 e. The van der Waals surface area contributed by atoms with E-state index in [1.165, 1.54) is 0 Å². The fourth-order valence-electron chi connectivity index (χ4n) is 1.06. The van der Waals surface area contributed by atoms with E-state index in [1.54, 1.807) is 13.8 Å². The molecule has 1 heterocycles. The third kappa shape index (κ3) is 2.02. The highest BCUT2D eigenvalue weighted by Crippen LogP contribution is 2.26. The van der Waals surface area contributed by atoms with Gasteiger partial charge in [0.2, 0.25) is 5.78 Å². The number of halogens is 2. The Balaban J connectivity index is 2.48. The molecular formula is C8H11F2NO2. The maximum atomic E-state index is 12.3. The molecule has 1 aliphatic rings. The van der Waals surface area contributed by atoms with E-state index in [2.05, 4.69) is 0 Å². The average Bonchev–Trinajstić information content (AvgIpc) is 1.97. The Morgan fingerprint density at radius 2 is 1.77 bits per heavy atom. The monoisotopic (exact) mass is 191 g/mol. The van der Waals surface area contributed by atoms with Gasteiger partial charge in [0.05, 0.1) is 13.1 Å². The Kier molecular flexibility index (Phi) is 2.36. The van der Waals surface area contributed by atoms with Gasteiger partial charge in [-0.3, -0.25) is 9.59 Å². The van der Waals surface area contributed by atoms with E-state index < -0.39 is 36.6 Å². The van der Waals surface area contributed by atoms with Crippen LogP contribution in [-0.4, -0.2) is 35.6 Å². The van der Waals surface area contributed by atoms with Crippen LogP contribution < -0.4 is 0 Å². The van der Waals surface area contributed by atoms with Gasteiger partial charge in [0, 0.05) is 5.92 Å². The highest BCUT2D eigenvalue weighted by molar-refractivity contribution is 6.36. The summed E-state index contributed by atoms with van der Waals surface area (Å²) in [4.78, 5) is 23.0. The number of hydrogen-bond donors (Lipinski definition) is 0. The van der Waals surface area contributed by atoms with Crippen LogP contribution in [0, 0.1) is 5.92 Å². The maximum Gasteiger partial charge on any atom is 0.290 e. The summed E-state index contributed by atoms with van der Waals surface area (Å²) in [5.41, 5.74) is 0. The Bertz CT molecular complexity index is 243. The molecule has 0 bridgehead atoms. The molecule has 1 fully saturated rings. The molecule has 0 aliphatic carbocycles. The van der Waals surface area contributed by atoms with Crippen LogP contribution in [0.1, 0.15) is 13.8 Å². The number of alkyl halides is 2. The summed E-state index contributed by atoms with van der Waals surface area (Å²) in [6, 6.07) is 0. The Labute approximate surface area is 74.7 Å². The highest BCUT2D eigenvalue weighted by Gasteiger charge is 2.47. The number of ketones is 1. The number of amides is 1. The van der Waals surface area contributed by atoms with E-state index in [4.69, 9.17) is 0 Å². The van der Waals surface area contributed by atoms with E-state index in [0.717, 1.165) is 4.90 Å². The average molecular weight is 191 g/mol. The van der Waals surface area contributed by atoms with Crippen LogP contribution in [-0.2, 0) is 9.59 Å². The summed E-state index contributed by atoms with van der Waals surface area (Å²) < 4.78 is 24.6. The van der Waals surface area contributed by atoms with Crippen molar-refractivity contribution in [2.75, 3.05) is 13.1 Å². The lowest BCUT2D eigenvalue weighted by atomic mass is 10.0. The second-order valence-electron chi connectivity index (χ2n) is 3.54. The molecule has 0 atom stereocenters. The van der Waals surface area contributed by atoms with Crippen LogP contribution in [0.25, 0.3) is 0 Å². The van der Waals surface area contributed by atoms with Crippen molar-refractivity contribution in [1.29, 1.82) is 0 Å². The first-order valence-electron chi connectivity index (χ1n) is 4.04. The number of carbonyl (C=O) groups is 2. The van der Waals surface area contributed by atoms with Gasteiger partial charge in [0.25, 0.3) is 11.8 Å². The van der Waals surface area contributed by atoms with Crippen molar-refractivity contribution in [2.45, 2.75) is 19.8 Å². The van der Waals surface area contributed by atoms with E-state index in [0.29, 0.717) is 0 Å². The minimum atomic E-state index is -2.80. The minimum absolute atomic E-state index is 0.429. The molecule has 0 unspecified atom stereocenters. The van der Waals surface area contributed by atoms with Crippen LogP contribution in [0.5, 0.6) is 0 Å². The first-order chi connectivity index (χ1) is 5.83. The number of rotatable bonds is 2. The summed E-state index contributed by atoms with van der Waals surface area (Å²) in [5.74, 6) is -4.62. The second kappa shape index (κ2) is 3.05. The Morgan fingerprint density at radius 3 is 2.08 bits per heavy atom. The van der Waals surface area contributed by atoms with Crippen LogP contribution >= 0.6 is 0 Å². The van der Waals surface area contributed by atoms with Crippen LogP contribution in [0.15, 0.2) is 0 Å². The zero-order chi connectivity index (χ0) is 10.2. The largest absolute Gasteiger partial charge is 0.324 e. The summed E-state index contributed by atoms with van der Waals surface area (Å²) in [7, 11) is 0. The molecule has 0 aromatic rings. The third-order valence-corrected chi connectivity index (χ3v) is 1.87. The van der Waals surface area contributed by atoms with Gasteiger partial charge in [0.15, 0.2) is 0 Å². The zero-order valence-electron chi connectivity index (χ0n) is 7.51. The molecule has 0 N–H and O–H groups in total. The SMILES string of the molecule is CC(C)C(=O)C(=O)N1CC(F)(F)C1. The van der Waals surface area contributed by atoms with Crippen molar-refractivity contribution in [3.8, 4) is 0 Å². The molecule has 1 amide bonds. The normalized spacial score (nSPS) is 19.9. The second-order valence-corrected chi connectivity index (χ2v) is 3.54. The summed E-state index contributed by atoms with van der Waals surface area (Å²) in [6.45, 7) is 1.89. The molecule has 1 aliphatic heterocycles. The van der Waals surface area contributed by atoms with Gasteiger partial charge >= 0.3 is 0 Å². The van der Waals surface area contributed by atoms with Gasteiger partial charge in [-0.25, -0.2) is 8.78 Å². The van der Waals surface area contributed by atoms with Crippen molar-refractivity contribution in [3.63, 3.8) is 0 Å². The van der Waals surface area contributed by atoms with E-state index in [-0.39, 0.29) is 0 Å². The molecule has 13 heavy (non-hydrogen) atoms. The van der Waals surface area contributed by atoms with E-state index >= 15 is 0 Å².